The summed E-state index contributed by atoms with van der Waals surface area (Å²) < 4.78 is 22.9. The lowest BCUT2D eigenvalue weighted by atomic mass is 9.70. The van der Waals surface area contributed by atoms with Gasteiger partial charge in [-0.3, -0.25) is 0 Å². The summed E-state index contributed by atoms with van der Waals surface area (Å²) in [5.41, 5.74) is 0.838. The summed E-state index contributed by atoms with van der Waals surface area (Å²) in [4.78, 5) is 12.2. The standard InChI is InChI=1S/C22H28O5/c1-4-5-6-19-21(3,27-19)18-13-17(11-12-22(18)14-24-22)26-20(23)25-16-9-7-15(2)8-10-16/h4-5,7-10,17-19H,6,11-14H2,1-3H3/t17-,18-,19-,21-,22+/m1/s1. The van der Waals surface area contributed by atoms with E-state index in [1.54, 1.807) is 12.1 Å². The highest BCUT2D eigenvalue weighted by atomic mass is 16.7. The molecule has 1 saturated carbocycles. The Morgan fingerprint density at radius 1 is 1.33 bits per heavy atom. The molecule has 5 atom stereocenters. The monoisotopic (exact) mass is 372 g/mol. The first-order valence-corrected chi connectivity index (χ1v) is 9.83. The Morgan fingerprint density at radius 3 is 2.74 bits per heavy atom. The SMILES string of the molecule is CC=CC[C@H]1O[C@]1(C)[C@H]1C[C@H](OC(=O)Oc2ccc(C)cc2)CC[C@]12CO2. The molecular formula is C22H28O5. The number of carbonyl (C=O) groups excluding carboxylic acids is 1. The Labute approximate surface area is 160 Å². The molecule has 4 rings (SSSR count). The van der Waals surface area contributed by atoms with Crippen LogP contribution in [0.25, 0.3) is 0 Å². The van der Waals surface area contributed by atoms with Gasteiger partial charge < -0.3 is 18.9 Å². The highest BCUT2D eigenvalue weighted by Gasteiger charge is 2.68. The molecular weight excluding hydrogens is 344 g/mol. The lowest BCUT2D eigenvalue weighted by Crippen LogP contribution is -2.44. The van der Waals surface area contributed by atoms with Crippen molar-refractivity contribution in [3.63, 3.8) is 0 Å². The Morgan fingerprint density at radius 2 is 2.07 bits per heavy atom. The van der Waals surface area contributed by atoms with Crippen LogP contribution in [0.5, 0.6) is 5.75 Å². The van der Waals surface area contributed by atoms with Crippen molar-refractivity contribution in [1.82, 2.24) is 0 Å². The minimum Gasteiger partial charge on any atom is -0.431 e. The van der Waals surface area contributed by atoms with Crippen LogP contribution >= 0.6 is 0 Å². The van der Waals surface area contributed by atoms with Crippen LogP contribution in [0.1, 0.15) is 45.1 Å². The van der Waals surface area contributed by atoms with Crippen LogP contribution < -0.4 is 4.74 Å². The highest BCUT2D eigenvalue weighted by molar-refractivity contribution is 5.64. The van der Waals surface area contributed by atoms with Crippen LogP contribution in [0.3, 0.4) is 0 Å². The van der Waals surface area contributed by atoms with Crippen molar-refractivity contribution >= 4 is 6.16 Å². The van der Waals surface area contributed by atoms with Gasteiger partial charge in [0, 0.05) is 5.92 Å². The van der Waals surface area contributed by atoms with Crippen LogP contribution in [0.2, 0.25) is 0 Å². The number of epoxide rings is 2. The predicted molar refractivity (Wildman–Crippen MR) is 101 cm³/mol. The zero-order valence-corrected chi connectivity index (χ0v) is 16.3. The maximum atomic E-state index is 12.2. The molecule has 0 unspecified atom stereocenters. The summed E-state index contributed by atoms with van der Waals surface area (Å²) in [6.07, 6.45) is 6.99. The summed E-state index contributed by atoms with van der Waals surface area (Å²) in [6.45, 7) is 6.97. The van der Waals surface area contributed by atoms with Crippen LogP contribution in [0.4, 0.5) is 4.79 Å². The van der Waals surface area contributed by atoms with Gasteiger partial charge in [0.05, 0.1) is 23.9 Å². The van der Waals surface area contributed by atoms with E-state index < -0.39 is 6.16 Å². The van der Waals surface area contributed by atoms with Gasteiger partial charge in [-0.05, 0) is 58.6 Å². The lowest BCUT2D eigenvalue weighted by molar-refractivity contribution is -0.0122. The van der Waals surface area contributed by atoms with E-state index >= 15 is 0 Å². The molecule has 0 bridgehead atoms. The Kier molecular flexibility index (Phi) is 4.77. The predicted octanol–water partition coefficient (Wildman–Crippen LogP) is 4.57. The van der Waals surface area contributed by atoms with E-state index in [1.807, 2.05) is 26.0 Å². The molecule has 1 aromatic carbocycles. The lowest BCUT2D eigenvalue weighted by Gasteiger charge is -2.36. The van der Waals surface area contributed by atoms with Gasteiger partial charge in [0.1, 0.15) is 11.9 Å². The smallest absolute Gasteiger partial charge is 0.431 e. The van der Waals surface area contributed by atoms with Crippen LogP contribution in [-0.4, -0.2) is 36.2 Å². The Balaban J connectivity index is 1.36. The van der Waals surface area contributed by atoms with E-state index in [2.05, 4.69) is 19.1 Å². The maximum Gasteiger partial charge on any atom is 0.514 e. The molecule has 2 heterocycles. The highest BCUT2D eigenvalue weighted by Crippen LogP contribution is 2.59. The summed E-state index contributed by atoms with van der Waals surface area (Å²) in [5.74, 6) is 0.745. The number of hydrogen-bond acceptors (Lipinski definition) is 5. The summed E-state index contributed by atoms with van der Waals surface area (Å²) >= 11 is 0. The van der Waals surface area contributed by atoms with E-state index in [0.717, 1.165) is 37.9 Å². The molecule has 5 nitrogen and oxygen atoms in total. The van der Waals surface area contributed by atoms with Gasteiger partial charge in [-0.1, -0.05) is 29.8 Å². The van der Waals surface area contributed by atoms with Gasteiger partial charge in [-0.2, -0.15) is 0 Å². The third-order valence-corrected chi connectivity index (χ3v) is 6.28. The quantitative estimate of drug-likeness (QED) is 0.328. The maximum absolute atomic E-state index is 12.2. The molecule has 1 aliphatic carbocycles. The largest absolute Gasteiger partial charge is 0.514 e. The second-order valence-corrected chi connectivity index (χ2v) is 8.18. The molecule has 0 N–H and O–H groups in total. The van der Waals surface area contributed by atoms with Crippen molar-refractivity contribution in [3.05, 3.63) is 42.0 Å². The number of ether oxygens (including phenoxy) is 4. The zero-order valence-electron chi connectivity index (χ0n) is 16.3. The molecule has 3 aliphatic rings. The van der Waals surface area contributed by atoms with E-state index in [0.29, 0.717) is 5.75 Å². The van der Waals surface area contributed by atoms with E-state index in [9.17, 15) is 4.79 Å². The van der Waals surface area contributed by atoms with Crippen molar-refractivity contribution in [2.24, 2.45) is 5.92 Å². The average Bonchev–Trinajstić information content (AvgIpc) is 3.55. The van der Waals surface area contributed by atoms with Crippen LogP contribution in [-0.2, 0) is 14.2 Å². The minimum absolute atomic E-state index is 0.0832. The Bertz CT molecular complexity index is 721. The molecule has 0 radical (unpaired) electrons. The van der Waals surface area contributed by atoms with Gasteiger partial charge in [0.15, 0.2) is 0 Å². The normalized spacial score (nSPS) is 37.4. The molecule has 0 amide bonds. The molecule has 27 heavy (non-hydrogen) atoms. The number of hydrogen-bond donors (Lipinski definition) is 0. The first-order valence-electron chi connectivity index (χ1n) is 9.83. The van der Waals surface area contributed by atoms with E-state index in [1.165, 1.54) is 0 Å². The average molecular weight is 372 g/mol. The van der Waals surface area contributed by atoms with Crippen LogP contribution in [0.15, 0.2) is 36.4 Å². The second-order valence-electron chi connectivity index (χ2n) is 8.18. The molecule has 1 aromatic rings. The number of rotatable bonds is 5. The van der Waals surface area contributed by atoms with E-state index in [4.69, 9.17) is 18.9 Å². The molecule has 146 valence electrons. The third-order valence-electron chi connectivity index (χ3n) is 6.28. The van der Waals surface area contributed by atoms with Crippen molar-refractivity contribution < 1.29 is 23.7 Å². The number of aryl methyl sites for hydroxylation is 1. The topological polar surface area (TPSA) is 60.6 Å². The first kappa shape index (κ1) is 18.5. The fourth-order valence-electron chi connectivity index (χ4n) is 4.46. The van der Waals surface area contributed by atoms with Crippen molar-refractivity contribution in [2.45, 2.75) is 69.9 Å². The number of carbonyl (C=O) groups is 1. The molecule has 0 aromatic heterocycles. The van der Waals surface area contributed by atoms with Crippen molar-refractivity contribution in [2.75, 3.05) is 6.61 Å². The fourth-order valence-corrected chi connectivity index (χ4v) is 4.46. The summed E-state index contributed by atoms with van der Waals surface area (Å²) in [7, 11) is 0. The van der Waals surface area contributed by atoms with E-state index in [-0.39, 0.29) is 29.3 Å². The van der Waals surface area contributed by atoms with Crippen LogP contribution in [0, 0.1) is 12.8 Å². The van der Waals surface area contributed by atoms with Gasteiger partial charge in [0.25, 0.3) is 0 Å². The molecule has 2 aliphatic heterocycles. The summed E-state index contributed by atoms with van der Waals surface area (Å²) in [6, 6.07) is 7.36. The number of benzene rings is 1. The molecule has 3 fully saturated rings. The number of allylic oxidation sites excluding steroid dienone is 1. The van der Waals surface area contributed by atoms with Crippen molar-refractivity contribution in [1.29, 1.82) is 0 Å². The minimum atomic E-state index is -0.636. The first-order chi connectivity index (χ1) is 12.9. The summed E-state index contributed by atoms with van der Waals surface area (Å²) in [5, 5.41) is 0. The van der Waals surface area contributed by atoms with Gasteiger partial charge in [-0.25, -0.2) is 4.79 Å². The molecule has 2 saturated heterocycles. The fraction of sp³-hybridized carbons (Fsp3) is 0.591. The Hall–Kier alpha value is -1.85. The van der Waals surface area contributed by atoms with Crippen molar-refractivity contribution in [3.8, 4) is 5.75 Å². The molecule has 1 spiro atoms. The zero-order chi connectivity index (χ0) is 19.1. The third kappa shape index (κ3) is 3.76. The second kappa shape index (κ2) is 6.95. The van der Waals surface area contributed by atoms with Gasteiger partial charge >= 0.3 is 6.16 Å². The molecule has 5 heteroatoms. The van der Waals surface area contributed by atoms with Gasteiger partial charge in [0.2, 0.25) is 0 Å². The van der Waals surface area contributed by atoms with Gasteiger partial charge in [-0.15, -0.1) is 0 Å².